The van der Waals surface area contributed by atoms with Crippen LogP contribution in [0.1, 0.15) is 5.56 Å². The Balaban J connectivity index is 2.21. The Kier molecular flexibility index (Phi) is 5.46. The van der Waals surface area contributed by atoms with Gasteiger partial charge in [0.1, 0.15) is 0 Å². The Morgan fingerprint density at radius 3 is 2.30 bits per heavy atom. The minimum absolute atomic E-state index is 0.121. The second-order valence-electron chi connectivity index (χ2n) is 4.39. The fourth-order valence-corrected chi connectivity index (χ4v) is 2.80. The number of hydrazone groups is 1. The molecule has 0 aliphatic heterocycles. The second kappa shape index (κ2) is 7.34. The first kappa shape index (κ1) is 17.1. The van der Waals surface area contributed by atoms with Gasteiger partial charge in [-0.2, -0.15) is 13.5 Å². The number of nitrogens with zero attached hydrogens (tertiary/aromatic N) is 1. The standard InChI is InChI=1S/C15H15ClN2O4S/c1-21-14-8-11(13(16)9-15(14)22-2)10-17-18-23(19,20)12-6-4-3-5-7-12/h3-10,18H,1-2H3/b17-10-. The zero-order valence-electron chi connectivity index (χ0n) is 12.5. The summed E-state index contributed by atoms with van der Waals surface area (Å²) >= 11 is 6.10. The zero-order valence-corrected chi connectivity index (χ0v) is 14.1. The third kappa shape index (κ3) is 4.14. The predicted molar refractivity (Wildman–Crippen MR) is 88.9 cm³/mol. The Hall–Kier alpha value is -2.25. The molecule has 1 N–H and O–H groups in total. The van der Waals surface area contributed by atoms with Gasteiger partial charge in [-0.1, -0.05) is 29.8 Å². The number of sulfonamides is 1. The van der Waals surface area contributed by atoms with E-state index in [-0.39, 0.29) is 4.90 Å². The Labute approximate surface area is 139 Å². The van der Waals surface area contributed by atoms with Gasteiger partial charge in [-0.05, 0) is 18.2 Å². The monoisotopic (exact) mass is 354 g/mol. The number of hydrogen-bond donors (Lipinski definition) is 1. The van der Waals surface area contributed by atoms with Crippen LogP contribution in [0.4, 0.5) is 0 Å². The Morgan fingerprint density at radius 2 is 1.70 bits per heavy atom. The summed E-state index contributed by atoms with van der Waals surface area (Å²) < 4.78 is 34.3. The molecule has 2 rings (SSSR count). The van der Waals surface area contributed by atoms with Crippen LogP contribution in [-0.2, 0) is 10.0 Å². The van der Waals surface area contributed by atoms with E-state index in [2.05, 4.69) is 9.93 Å². The lowest BCUT2D eigenvalue weighted by molar-refractivity contribution is 0.355. The quantitative estimate of drug-likeness (QED) is 0.639. The van der Waals surface area contributed by atoms with Crippen molar-refractivity contribution in [3.63, 3.8) is 0 Å². The topological polar surface area (TPSA) is 77.0 Å². The zero-order chi connectivity index (χ0) is 16.9. The van der Waals surface area contributed by atoms with E-state index >= 15 is 0 Å². The van der Waals surface area contributed by atoms with Crippen molar-refractivity contribution in [1.82, 2.24) is 4.83 Å². The average Bonchev–Trinajstić information content (AvgIpc) is 2.56. The first-order valence-electron chi connectivity index (χ1n) is 6.49. The first-order valence-corrected chi connectivity index (χ1v) is 8.35. The third-order valence-corrected chi connectivity index (χ3v) is 4.50. The first-order chi connectivity index (χ1) is 11.0. The highest BCUT2D eigenvalue weighted by Crippen LogP contribution is 2.32. The molecule has 23 heavy (non-hydrogen) atoms. The molecule has 0 atom stereocenters. The summed E-state index contributed by atoms with van der Waals surface area (Å²) in [5, 5.41) is 4.09. The highest BCUT2D eigenvalue weighted by Gasteiger charge is 2.12. The normalized spacial score (nSPS) is 11.4. The number of ether oxygens (including phenoxy) is 2. The van der Waals surface area contributed by atoms with Crippen LogP contribution in [0.2, 0.25) is 5.02 Å². The summed E-state index contributed by atoms with van der Waals surface area (Å²) in [6.45, 7) is 0. The molecule has 0 aliphatic carbocycles. The van der Waals surface area contributed by atoms with Crippen LogP contribution < -0.4 is 14.3 Å². The van der Waals surface area contributed by atoms with Crippen molar-refractivity contribution in [2.45, 2.75) is 4.90 Å². The van der Waals surface area contributed by atoms with Gasteiger partial charge in [-0.25, -0.2) is 4.83 Å². The third-order valence-electron chi connectivity index (χ3n) is 2.93. The maximum atomic E-state index is 12.0. The van der Waals surface area contributed by atoms with Crippen molar-refractivity contribution >= 4 is 27.8 Å². The fraction of sp³-hybridized carbons (Fsp3) is 0.133. The van der Waals surface area contributed by atoms with Gasteiger partial charge in [0, 0.05) is 11.6 Å². The van der Waals surface area contributed by atoms with Crippen molar-refractivity contribution in [2.75, 3.05) is 14.2 Å². The molecule has 0 unspecified atom stereocenters. The van der Waals surface area contributed by atoms with Crippen molar-refractivity contribution in [2.24, 2.45) is 5.10 Å². The van der Waals surface area contributed by atoms with Gasteiger partial charge in [0.05, 0.1) is 30.4 Å². The van der Waals surface area contributed by atoms with Gasteiger partial charge in [0.15, 0.2) is 11.5 Å². The van der Waals surface area contributed by atoms with Crippen molar-refractivity contribution in [1.29, 1.82) is 0 Å². The second-order valence-corrected chi connectivity index (χ2v) is 6.46. The van der Waals surface area contributed by atoms with Crippen molar-refractivity contribution in [3.05, 3.63) is 53.1 Å². The summed E-state index contributed by atoms with van der Waals surface area (Å²) in [5.74, 6) is 0.934. The summed E-state index contributed by atoms with van der Waals surface area (Å²) in [6.07, 6.45) is 1.30. The molecule has 0 bridgehead atoms. The molecule has 0 aromatic heterocycles. The maximum absolute atomic E-state index is 12.0. The highest BCUT2D eigenvalue weighted by atomic mass is 35.5. The van der Waals surface area contributed by atoms with Crippen LogP contribution >= 0.6 is 11.6 Å². The van der Waals surface area contributed by atoms with Gasteiger partial charge in [0.25, 0.3) is 10.0 Å². The van der Waals surface area contributed by atoms with E-state index < -0.39 is 10.0 Å². The van der Waals surface area contributed by atoms with Crippen LogP contribution in [0, 0.1) is 0 Å². The van der Waals surface area contributed by atoms with Crippen LogP contribution in [0.3, 0.4) is 0 Å². The van der Waals surface area contributed by atoms with E-state index in [1.54, 1.807) is 30.3 Å². The van der Waals surface area contributed by atoms with Crippen LogP contribution in [0.15, 0.2) is 52.5 Å². The summed E-state index contributed by atoms with van der Waals surface area (Å²) in [6, 6.07) is 11.1. The minimum Gasteiger partial charge on any atom is -0.493 e. The lowest BCUT2D eigenvalue weighted by Crippen LogP contribution is -2.18. The molecule has 2 aromatic rings. The van der Waals surface area contributed by atoms with Gasteiger partial charge >= 0.3 is 0 Å². The Morgan fingerprint density at radius 1 is 1.09 bits per heavy atom. The predicted octanol–water partition coefficient (Wildman–Crippen LogP) is 2.67. The smallest absolute Gasteiger partial charge is 0.276 e. The molecule has 0 saturated heterocycles. The average molecular weight is 355 g/mol. The van der Waals surface area contributed by atoms with Crippen LogP contribution in [-0.4, -0.2) is 28.9 Å². The fourth-order valence-electron chi connectivity index (χ4n) is 1.79. The van der Waals surface area contributed by atoms with Crippen molar-refractivity contribution in [3.8, 4) is 11.5 Å². The maximum Gasteiger partial charge on any atom is 0.276 e. The number of benzene rings is 2. The van der Waals surface area contributed by atoms with E-state index in [1.807, 2.05) is 0 Å². The van der Waals surface area contributed by atoms with E-state index in [9.17, 15) is 8.42 Å². The van der Waals surface area contributed by atoms with Gasteiger partial charge < -0.3 is 9.47 Å². The minimum atomic E-state index is -3.72. The number of methoxy groups -OCH3 is 2. The molecular weight excluding hydrogens is 340 g/mol. The molecular formula is C15H15ClN2O4S. The van der Waals surface area contributed by atoms with E-state index in [0.29, 0.717) is 22.1 Å². The molecule has 0 radical (unpaired) electrons. The highest BCUT2D eigenvalue weighted by molar-refractivity contribution is 7.89. The van der Waals surface area contributed by atoms with Crippen LogP contribution in [0.5, 0.6) is 11.5 Å². The molecule has 2 aromatic carbocycles. The number of nitrogens with one attached hydrogen (secondary N) is 1. The van der Waals surface area contributed by atoms with Gasteiger partial charge in [0.2, 0.25) is 0 Å². The summed E-state index contributed by atoms with van der Waals surface area (Å²) in [5.41, 5.74) is 0.486. The molecule has 0 aliphatic rings. The summed E-state index contributed by atoms with van der Waals surface area (Å²) in [4.78, 5) is 2.25. The van der Waals surface area contributed by atoms with E-state index in [4.69, 9.17) is 21.1 Å². The molecule has 0 fully saturated rings. The van der Waals surface area contributed by atoms with E-state index in [1.165, 1.54) is 32.6 Å². The molecule has 0 saturated carbocycles. The molecule has 0 amide bonds. The SMILES string of the molecule is COc1cc(Cl)c(/C=N\NS(=O)(=O)c2ccccc2)cc1OC. The van der Waals surface area contributed by atoms with Gasteiger partial charge in [-0.3, -0.25) is 0 Å². The lowest BCUT2D eigenvalue weighted by atomic mass is 10.2. The Bertz CT molecular complexity index is 808. The number of hydrogen-bond acceptors (Lipinski definition) is 5. The van der Waals surface area contributed by atoms with Crippen molar-refractivity contribution < 1.29 is 17.9 Å². The summed E-state index contributed by atoms with van der Waals surface area (Å²) in [7, 11) is -0.732. The molecule has 0 spiro atoms. The largest absolute Gasteiger partial charge is 0.493 e. The molecule has 6 nitrogen and oxygen atoms in total. The lowest BCUT2D eigenvalue weighted by Gasteiger charge is -2.09. The molecule has 0 heterocycles. The van der Waals surface area contributed by atoms with Gasteiger partial charge in [-0.15, -0.1) is 0 Å². The number of rotatable bonds is 6. The van der Waals surface area contributed by atoms with Crippen LogP contribution in [0.25, 0.3) is 0 Å². The number of halogens is 1. The molecule has 8 heteroatoms. The van der Waals surface area contributed by atoms with E-state index in [0.717, 1.165) is 0 Å². The molecule has 122 valence electrons.